The largest absolute Gasteiger partial charge is 0.507 e. The molecule has 1 aromatic heterocycles. The molecule has 0 aliphatic rings. The Labute approximate surface area is 227 Å². The number of rotatable bonds is 6. The first-order valence-corrected chi connectivity index (χ1v) is 13.1. The highest BCUT2D eigenvalue weighted by atomic mass is 35.5. The Bertz CT molecular complexity index is 1310. The van der Waals surface area contributed by atoms with Crippen molar-refractivity contribution in [3.8, 4) is 5.75 Å². The number of phenolic OH excluding ortho intramolecular Hbond substituents is 1. The molecule has 3 aromatic rings. The topological polar surface area (TPSA) is 90.8 Å². The molecule has 6 nitrogen and oxygen atoms in total. The Kier molecular flexibility index (Phi) is 8.61. The van der Waals surface area contributed by atoms with Gasteiger partial charge in [0.1, 0.15) is 11.4 Å². The van der Waals surface area contributed by atoms with E-state index in [4.69, 9.17) is 11.6 Å². The van der Waals surface area contributed by atoms with Gasteiger partial charge in [-0.3, -0.25) is 9.59 Å². The van der Waals surface area contributed by atoms with Crippen molar-refractivity contribution in [3.63, 3.8) is 0 Å². The molecule has 0 bridgehead atoms. The maximum Gasteiger partial charge on any atom is 0.287 e. The zero-order valence-corrected chi connectivity index (χ0v) is 23.4. The van der Waals surface area contributed by atoms with E-state index in [9.17, 15) is 14.7 Å². The minimum atomic E-state index is -0.587. The summed E-state index contributed by atoms with van der Waals surface area (Å²) in [6.45, 7) is 12.2. The smallest absolute Gasteiger partial charge is 0.287 e. The fourth-order valence-corrected chi connectivity index (χ4v) is 4.49. The molecule has 0 saturated heterocycles. The fraction of sp³-hybridized carbons (Fsp3) is 0.276. The van der Waals surface area contributed by atoms with Crippen molar-refractivity contribution in [2.45, 2.75) is 52.4 Å². The highest BCUT2D eigenvalue weighted by molar-refractivity contribution is 7.10. The lowest BCUT2D eigenvalue weighted by atomic mass is 9.78. The number of nitrogens with one attached hydrogen (secondary N) is 2. The monoisotopic (exact) mass is 537 g/mol. The van der Waals surface area contributed by atoms with E-state index < -0.39 is 11.8 Å². The lowest BCUT2D eigenvalue weighted by Gasteiger charge is -2.27. The van der Waals surface area contributed by atoms with Gasteiger partial charge in [0, 0.05) is 16.0 Å². The van der Waals surface area contributed by atoms with Crippen LogP contribution in [0, 0.1) is 0 Å². The number of aromatic hydroxyl groups is 1. The van der Waals surface area contributed by atoms with Crippen LogP contribution in [0.25, 0.3) is 6.08 Å². The van der Waals surface area contributed by atoms with Crippen LogP contribution in [0.4, 0.5) is 0 Å². The molecule has 194 valence electrons. The molecule has 37 heavy (non-hydrogen) atoms. The van der Waals surface area contributed by atoms with Crippen LogP contribution in [0.3, 0.4) is 0 Å². The molecule has 1 heterocycles. The van der Waals surface area contributed by atoms with Gasteiger partial charge in [-0.05, 0) is 58.2 Å². The number of hydrazone groups is 1. The number of phenols is 1. The molecule has 3 N–H and O–H groups in total. The number of carbonyl (C=O) groups is 2. The van der Waals surface area contributed by atoms with Gasteiger partial charge in [-0.15, -0.1) is 11.3 Å². The summed E-state index contributed by atoms with van der Waals surface area (Å²) in [5.41, 5.74) is 4.51. The molecule has 0 saturated carbocycles. The van der Waals surface area contributed by atoms with Crippen molar-refractivity contribution >= 4 is 47.0 Å². The van der Waals surface area contributed by atoms with Crippen LogP contribution < -0.4 is 10.7 Å². The van der Waals surface area contributed by atoms with E-state index in [2.05, 4.69) is 15.8 Å². The maximum atomic E-state index is 13.0. The maximum absolute atomic E-state index is 13.0. The Balaban J connectivity index is 1.88. The Morgan fingerprint density at radius 3 is 2.14 bits per heavy atom. The van der Waals surface area contributed by atoms with Gasteiger partial charge in [0.2, 0.25) is 0 Å². The molecule has 0 aliphatic carbocycles. The minimum absolute atomic E-state index is 0.0287. The number of benzene rings is 2. The average molecular weight is 538 g/mol. The lowest BCUT2D eigenvalue weighted by molar-refractivity contribution is -0.117. The first kappa shape index (κ1) is 28.2. The summed E-state index contributed by atoms with van der Waals surface area (Å²) in [6, 6.07) is 14.0. The van der Waals surface area contributed by atoms with E-state index >= 15 is 0 Å². The van der Waals surface area contributed by atoms with Crippen molar-refractivity contribution in [1.29, 1.82) is 0 Å². The molecule has 0 radical (unpaired) electrons. The van der Waals surface area contributed by atoms with E-state index in [0.717, 1.165) is 21.6 Å². The quantitative estimate of drug-likeness (QED) is 0.187. The summed E-state index contributed by atoms with van der Waals surface area (Å²) in [4.78, 5) is 26.7. The predicted molar refractivity (Wildman–Crippen MR) is 152 cm³/mol. The van der Waals surface area contributed by atoms with Gasteiger partial charge in [-0.25, -0.2) is 5.43 Å². The second kappa shape index (κ2) is 11.3. The highest BCUT2D eigenvalue weighted by Crippen LogP contribution is 2.39. The molecule has 2 amide bonds. The molecular weight excluding hydrogens is 506 g/mol. The Hall–Kier alpha value is -3.42. The number of halogens is 1. The van der Waals surface area contributed by atoms with Gasteiger partial charge in [0.25, 0.3) is 11.8 Å². The van der Waals surface area contributed by atoms with E-state index in [-0.39, 0.29) is 32.9 Å². The van der Waals surface area contributed by atoms with Crippen molar-refractivity contribution < 1.29 is 14.7 Å². The molecule has 0 spiro atoms. The van der Waals surface area contributed by atoms with Crippen LogP contribution in [0.15, 0.2) is 64.7 Å². The number of hydrogen-bond acceptors (Lipinski definition) is 5. The van der Waals surface area contributed by atoms with Crippen LogP contribution in [0.5, 0.6) is 5.75 Å². The lowest BCUT2D eigenvalue weighted by Crippen LogP contribution is -2.33. The summed E-state index contributed by atoms with van der Waals surface area (Å²) < 4.78 is 0. The number of hydrogen-bond donors (Lipinski definition) is 3. The molecular formula is C29H32ClN3O3S. The number of amides is 2. The first-order valence-electron chi connectivity index (χ1n) is 11.8. The van der Waals surface area contributed by atoms with Gasteiger partial charge in [-0.1, -0.05) is 71.3 Å². The number of thiophene rings is 1. The third-order valence-electron chi connectivity index (χ3n) is 5.57. The summed E-state index contributed by atoms with van der Waals surface area (Å²) in [5, 5.41) is 19.9. The van der Waals surface area contributed by atoms with Gasteiger partial charge in [0.15, 0.2) is 0 Å². The molecule has 0 unspecified atom stereocenters. The Morgan fingerprint density at radius 1 is 0.973 bits per heavy atom. The predicted octanol–water partition coefficient (Wildman–Crippen LogP) is 6.62. The van der Waals surface area contributed by atoms with Crippen molar-refractivity contribution in [3.05, 3.63) is 91.8 Å². The van der Waals surface area contributed by atoms with Crippen LogP contribution in [-0.2, 0) is 15.6 Å². The van der Waals surface area contributed by atoms with Crippen LogP contribution in [0.1, 0.15) is 73.5 Å². The highest BCUT2D eigenvalue weighted by Gasteiger charge is 2.26. The van der Waals surface area contributed by atoms with Crippen LogP contribution in [0.2, 0.25) is 5.02 Å². The van der Waals surface area contributed by atoms with E-state index in [1.165, 1.54) is 17.6 Å². The van der Waals surface area contributed by atoms with Crippen LogP contribution >= 0.6 is 22.9 Å². The Morgan fingerprint density at radius 2 is 1.59 bits per heavy atom. The molecule has 2 aromatic carbocycles. The molecule has 0 atom stereocenters. The number of carbonyl (C=O) groups excluding carboxylic acids is 2. The second-order valence-electron chi connectivity index (χ2n) is 10.7. The van der Waals surface area contributed by atoms with Crippen molar-refractivity contribution in [1.82, 2.24) is 10.7 Å². The van der Waals surface area contributed by atoms with E-state index in [1.807, 2.05) is 71.2 Å². The molecule has 8 heteroatoms. The summed E-state index contributed by atoms with van der Waals surface area (Å²) in [6.07, 6.45) is 3.11. The number of nitrogens with zero attached hydrogens (tertiary/aromatic N) is 1. The zero-order valence-electron chi connectivity index (χ0n) is 21.8. The standard InChI is InChI=1S/C29H32ClN3O3S/c1-28(2,3)21-14-18(15-22(25(21)34)29(4,5)6)17-31-33-27(36)24(16-19-10-9-13-37-19)32-26(35)20-11-7-8-12-23(20)30/h7-17,34H,1-6H3,(H,32,35)(H,33,36). The van der Waals surface area contributed by atoms with Crippen molar-refractivity contribution in [2.75, 3.05) is 0 Å². The van der Waals surface area contributed by atoms with E-state index in [0.29, 0.717) is 0 Å². The van der Waals surface area contributed by atoms with Gasteiger partial charge in [-0.2, -0.15) is 5.10 Å². The summed E-state index contributed by atoms with van der Waals surface area (Å²) in [7, 11) is 0. The summed E-state index contributed by atoms with van der Waals surface area (Å²) >= 11 is 7.59. The second-order valence-corrected chi connectivity index (χ2v) is 12.1. The molecule has 0 aliphatic heterocycles. The normalized spacial score (nSPS) is 12.6. The van der Waals surface area contributed by atoms with Gasteiger partial charge >= 0.3 is 0 Å². The molecule has 3 rings (SSSR count). The minimum Gasteiger partial charge on any atom is -0.507 e. The van der Waals surface area contributed by atoms with Crippen molar-refractivity contribution in [2.24, 2.45) is 5.10 Å². The third kappa shape index (κ3) is 7.31. The van der Waals surface area contributed by atoms with E-state index in [1.54, 1.807) is 30.3 Å². The third-order valence-corrected chi connectivity index (χ3v) is 6.72. The fourth-order valence-electron chi connectivity index (χ4n) is 3.61. The van der Waals surface area contributed by atoms with Gasteiger partial charge in [0.05, 0.1) is 16.8 Å². The SMILES string of the molecule is CC(C)(C)c1cc(C=NNC(=O)C(=Cc2cccs2)NC(=O)c2ccccc2Cl)cc(C(C)(C)C)c1O. The summed E-state index contributed by atoms with van der Waals surface area (Å²) in [5.74, 6) is -0.823. The van der Waals surface area contributed by atoms with Crippen LogP contribution in [-0.4, -0.2) is 23.1 Å². The zero-order chi connectivity index (χ0) is 27.4. The molecule has 0 fully saturated rings. The van der Waals surface area contributed by atoms with Gasteiger partial charge < -0.3 is 10.4 Å². The average Bonchev–Trinajstić information content (AvgIpc) is 3.31. The first-order chi connectivity index (χ1) is 17.3.